The Morgan fingerprint density at radius 1 is 1.30 bits per heavy atom. The van der Waals surface area contributed by atoms with Gasteiger partial charge < -0.3 is 10.2 Å². The number of benzene rings is 1. The number of nitrogens with one attached hydrogen (secondary N) is 1. The van der Waals surface area contributed by atoms with Gasteiger partial charge in [-0.3, -0.25) is 9.48 Å². The maximum atomic E-state index is 11.7. The molecule has 6 nitrogen and oxygen atoms in total. The molecular formula is C14H19N5O. The van der Waals surface area contributed by atoms with Gasteiger partial charge in [0.15, 0.2) is 0 Å². The molecule has 1 aromatic carbocycles. The fourth-order valence-electron chi connectivity index (χ4n) is 1.77. The van der Waals surface area contributed by atoms with E-state index in [-0.39, 0.29) is 5.91 Å². The van der Waals surface area contributed by atoms with Crippen LogP contribution in [-0.4, -0.2) is 34.8 Å². The topological polar surface area (TPSA) is 63.1 Å². The molecule has 0 atom stereocenters. The lowest BCUT2D eigenvalue weighted by Gasteiger charge is -2.13. The lowest BCUT2D eigenvalue weighted by Crippen LogP contribution is -2.24. The van der Waals surface area contributed by atoms with Crippen molar-refractivity contribution in [3.63, 3.8) is 0 Å². The van der Waals surface area contributed by atoms with Crippen LogP contribution in [0.4, 0.5) is 5.69 Å². The summed E-state index contributed by atoms with van der Waals surface area (Å²) in [6.45, 7) is 1.09. The van der Waals surface area contributed by atoms with E-state index in [1.165, 1.54) is 6.33 Å². The van der Waals surface area contributed by atoms with Gasteiger partial charge in [0.2, 0.25) is 5.91 Å². The van der Waals surface area contributed by atoms with E-state index in [1.807, 2.05) is 43.3 Å². The summed E-state index contributed by atoms with van der Waals surface area (Å²) in [5.74, 6) is 0.0113. The highest BCUT2D eigenvalue weighted by Gasteiger charge is 2.03. The smallest absolute Gasteiger partial charge is 0.222 e. The average molecular weight is 273 g/mol. The zero-order chi connectivity index (χ0) is 14.4. The summed E-state index contributed by atoms with van der Waals surface area (Å²) in [4.78, 5) is 17.6. The second-order valence-electron chi connectivity index (χ2n) is 4.75. The maximum Gasteiger partial charge on any atom is 0.222 e. The van der Waals surface area contributed by atoms with Crippen LogP contribution in [0.1, 0.15) is 12.0 Å². The Bertz CT molecular complexity index is 533. The molecule has 2 rings (SSSR count). The molecule has 20 heavy (non-hydrogen) atoms. The molecule has 0 aliphatic carbocycles. The van der Waals surface area contributed by atoms with Crippen LogP contribution >= 0.6 is 0 Å². The van der Waals surface area contributed by atoms with Crippen LogP contribution in [0.3, 0.4) is 0 Å². The number of carbonyl (C=O) groups excluding carboxylic acids is 1. The van der Waals surface area contributed by atoms with Gasteiger partial charge in [0.1, 0.15) is 12.7 Å². The van der Waals surface area contributed by atoms with Crippen LogP contribution in [0, 0.1) is 0 Å². The first kappa shape index (κ1) is 14.0. The number of nitrogens with zero attached hydrogens (tertiary/aromatic N) is 4. The largest absolute Gasteiger partial charge is 0.378 e. The van der Waals surface area contributed by atoms with Crippen molar-refractivity contribution in [1.29, 1.82) is 0 Å². The van der Waals surface area contributed by atoms with E-state index < -0.39 is 0 Å². The second-order valence-corrected chi connectivity index (χ2v) is 4.75. The minimum absolute atomic E-state index is 0.0113. The first-order valence-corrected chi connectivity index (χ1v) is 6.50. The fraction of sp³-hybridized carbons (Fsp3) is 0.357. The molecule has 106 valence electrons. The fourth-order valence-corrected chi connectivity index (χ4v) is 1.77. The van der Waals surface area contributed by atoms with Crippen molar-refractivity contribution in [3.8, 4) is 0 Å². The van der Waals surface area contributed by atoms with E-state index >= 15 is 0 Å². The highest BCUT2D eigenvalue weighted by atomic mass is 16.1. The summed E-state index contributed by atoms with van der Waals surface area (Å²) in [5.41, 5.74) is 2.23. The predicted molar refractivity (Wildman–Crippen MR) is 77.3 cm³/mol. The first-order chi connectivity index (χ1) is 9.65. The van der Waals surface area contributed by atoms with Gasteiger partial charge in [0.25, 0.3) is 0 Å². The van der Waals surface area contributed by atoms with Crippen LogP contribution in [0.25, 0.3) is 0 Å². The van der Waals surface area contributed by atoms with Gasteiger partial charge in [-0.25, -0.2) is 4.98 Å². The lowest BCUT2D eigenvalue weighted by atomic mass is 10.2. The maximum absolute atomic E-state index is 11.7. The molecule has 2 aromatic rings. The molecule has 0 unspecified atom stereocenters. The molecule has 0 spiro atoms. The van der Waals surface area contributed by atoms with Gasteiger partial charge in [-0.1, -0.05) is 12.1 Å². The highest BCUT2D eigenvalue weighted by Crippen LogP contribution is 2.11. The van der Waals surface area contributed by atoms with Crippen molar-refractivity contribution in [1.82, 2.24) is 20.1 Å². The number of aromatic nitrogens is 3. The van der Waals surface area contributed by atoms with Crippen LogP contribution in [0.5, 0.6) is 0 Å². The van der Waals surface area contributed by atoms with E-state index in [9.17, 15) is 4.79 Å². The number of carbonyl (C=O) groups is 1. The summed E-state index contributed by atoms with van der Waals surface area (Å²) < 4.78 is 1.64. The van der Waals surface area contributed by atoms with E-state index in [4.69, 9.17) is 0 Å². The number of hydrogen-bond donors (Lipinski definition) is 1. The minimum atomic E-state index is 0.0113. The van der Waals surface area contributed by atoms with E-state index in [1.54, 1.807) is 11.0 Å². The van der Waals surface area contributed by atoms with Crippen LogP contribution in [0.2, 0.25) is 0 Å². The Labute approximate surface area is 118 Å². The number of rotatable bonds is 6. The molecule has 0 aliphatic heterocycles. The zero-order valence-electron chi connectivity index (χ0n) is 11.8. The van der Waals surface area contributed by atoms with Crippen molar-refractivity contribution in [2.45, 2.75) is 19.5 Å². The minimum Gasteiger partial charge on any atom is -0.378 e. The normalized spacial score (nSPS) is 10.3. The Morgan fingerprint density at radius 3 is 2.65 bits per heavy atom. The van der Waals surface area contributed by atoms with Crippen LogP contribution in [0.15, 0.2) is 36.9 Å². The van der Waals surface area contributed by atoms with E-state index in [0.29, 0.717) is 19.5 Å². The SMILES string of the molecule is CN(C)c1ccc(CNC(=O)CCn2cncn2)cc1. The van der Waals surface area contributed by atoms with Gasteiger partial charge in [-0.05, 0) is 17.7 Å². The van der Waals surface area contributed by atoms with Gasteiger partial charge in [-0.15, -0.1) is 0 Å². The standard InChI is InChI=1S/C14H19N5O/c1-18(2)13-5-3-12(4-6-13)9-16-14(20)7-8-19-11-15-10-17-19/h3-6,10-11H,7-9H2,1-2H3,(H,16,20). The monoisotopic (exact) mass is 273 g/mol. The van der Waals surface area contributed by atoms with Crippen molar-refractivity contribution in [3.05, 3.63) is 42.5 Å². The van der Waals surface area contributed by atoms with Gasteiger partial charge in [0, 0.05) is 32.7 Å². The van der Waals surface area contributed by atoms with Crippen LogP contribution in [-0.2, 0) is 17.9 Å². The first-order valence-electron chi connectivity index (χ1n) is 6.50. The second kappa shape index (κ2) is 6.70. The molecule has 0 radical (unpaired) electrons. The van der Waals surface area contributed by atoms with Gasteiger partial charge in [0.05, 0.1) is 6.54 Å². The third-order valence-electron chi connectivity index (χ3n) is 2.98. The molecule has 0 saturated heterocycles. The number of aryl methyl sites for hydroxylation is 1. The Balaban J connectivity index is 1.75. The Kier molecular flexibility index (Phi) is 4.70. The molecule has 1 amide bonds. The molecule has 6 heteroatoms. The lowest BCUT2D eigenvalue weighted by molar-refractivity contribution is -0.121. The van der Waals surface area contributed by atoms with Crippen molar-refractivity contribution in [2.24, 2.45) is 0 Å². The quantitative estimate of drug-likeness (QED) is 0.854. The van der Waals surface area contributed by atoms with Crippen LogP contribution < -0.4 is 10.2 Å². The van der Waals surface area contributed by atoms with Crippen molar-refractivity contribution in [2.75, 3.05) is 19.0 Å². The molecule has 0 saturated carbocycles. The summed E-state index contributed by atoms with van der Waals surface area (Å²) in [5, 5.41) is 6.85. The molecule has 0 aliphatic rings. The van der Waals surface area contributed by atoms with Gasteiger partial charge >= 0.3 is 0 Å². The predicted octanol–water partition coefficient (Wildman–Crippen LogP) is 1.05. The van der Waals surface area contributed by atoms with Gasteiger partial charge in [-0.2, -0.15) is 5.10 Å². The molecule has 1 aromatic heterocycles. The number of anilines is 1. The summed E-state index contributed by atoms with van der Waals surface area (Å²) >= 11 is 0. The molecule has 0 bridgehead atoms. The third-order valence-corrected chi connectivity index (χ3v) is 2.98. The van der Waals surface area contributed by atoms with Crippen molar-refractivity contribution >= 4 is 11.6 Å². The van der Waals surface area contributed by atoms with E-state index in [2.05, 4.69) is 15.4 Å². The summed E-state index contributed by atoms with van der Waals surface area (Å²) in [6.07, 6.45) is 3.47. The van der Waals surface area contributed by atoms with E-state index in [0.717, 1.165) is 11.3 Å². The number of hydrogen-bond acceptors (Lipinski definition) is 4. The number of amides is 1. The Morgan fingerprint density at radius 2 is 2.05 bits per heavy atom. The Hall–Kier alpha value is -2.37. The van der Waals surface area contributed by atoms with Crippen molar-refractivity contribution < 1.29 is 4.79 Å². The molecule has 0 fully saturated rings. The highest BCUT2D eigenvalue weighted by molar-refractivity contribution is 5.75. The average Bonchev–Trinajstić information content (AvgIpc) is 2.96. The summed E-state index contributed by atoms with van der Waals surface area (Å²) in [7, 11) is 4.00. The molecule has 1 N–H and O–H groups in total. The zero-order valence-corrected chi connectivity index (χ0v) is 11.8. The molecule has 1 heterocycles. The molecular weight excluding hydrogens is 254 g/mol. The third kappa shape index (κ3) is 4.08. The summed E-state index contributed by atoms with van der Waals surface area (Å²) in [6, 6.07) is 8.12.